The van der Waals surface area contributed by atoms with E-state index in [1.807, 2.05) is 37.3 Å². The normalized spacial score (nSPS) is 9.81. The van der Waals surface area contributed by atoms with E-state index < -0.39 is 0 Å². The highest BCUT2D eigenvalue weighted by Gasteiger charge is 2.14. The van der Waals surface area contributed by atoms with Crippen LogP contribution in [-0.4, -0.2) is 12.0 Å². The summed E-state index contributed by atoms with van der Waals surface area (Å²) >= 11 is 0. The van der Waals surface area contributed by atoms with E-state index in [1.165, 1.54) is 0 Å². The predicted octanol–water partition coefficient (Wildman–Crippen LogP) is 2.90. The van der Waals surface area contributed by atoms with Crippen molar-refractivity contribution in [3.05, 3.63) is 41.6 Å². The Morgan fingerprint density at radius 1 is 1.25 bits per heavy atom. The lowest BCUT2D eigenvalue weighted by Crippen LogP contribution is -1.90. The zero-order chi connectivity index (χ0) is 11.5. The molecule has 0 aliphatic heterocycles. The highest BCUT2D eigenvalue weighted by atomic mass is 15.0. The number of hydrogen-bond donors (Lipinski definition) is 2. The summed E-state index contributed by atoms with van der Waals surface area (Å²) in [6.07, 6.45) is 0. The first kappa shape index (κ1) is 10.3. The Morgan fingerprint density at radius 3 is 2.50 bits per heavy atom. The highest BCUT2D eigenvalue weighted by molar-refractivity contribution is 5.79. The maximum Gasteiger partial charge on any atom is 0.122 e. The van der Waals surface area contributed by atoms with Crippen molar-refractivity contribution in [2.45, 2.75) is 6.92 Å². The molecule has 1 heterocycles. The van der Waals surface area contributed by atoms with E-state index in [9.17, 15) is 5.26 Å². The number of anilines is 1. The first-order valence-electron chi connectivity index (χ1n) is 5.13. The smallest absolute Gasteiger partial charge is 0.122 e. The fraction of sp³-hybridized carbons (Fsp3) is 0.154. The van der Waals surface area contributed by atoms with Gasteiger partial charge in [-0.3, -0.25) is 0 Å². The second-order valence-electron chi connectivity index (χ2n) is 3.60. The molecule has 0 unspecified atom stereocenters. The van der Waals surface area contributed by atoms with Gasteiger partial charge in [-0.2, -0.15) is 5.26 Å². The SMILES string of the molecule is CNc1[nH]c(C)c(-c2ccccc2)c1C#N. The van der Waals surface area contributed by atoms with Crippen LogP contribution >= 0.6 is 0 Å². The topological polar surface area (TPSA) is 51.6 Å². The average molecular weight is 211 g/mol. The van der Waals surface area contributed by atoms with Gasteiger partial charge in [0.15, 0.2) is 0 Å². The minimum atomic E-state index is 0.672. The van der Waals surface area contributed by atoms with Crippen LogP contribution in [0.5, 0.6) is 0 Å². The standard InChI is InChI=1S/C13H13N3/c1-9-12(10-6-4-3-5-7-10)11(8-14)13(15-2)16-9/h3-7,15-16H,1-2H3. The first-order valence-corrected chi connectivity index (χ1v) is 5.13. The summed E-state index contributed by atoms with van der Waals surface area (Å²) < 4.78 is 0. The van der Waals surface area contributed by atoms with E-state index in [0.29, 0.717) is 5.56 Å². The summed E-state index contributed by atoms with van der Waals surface area (Å²) in [5.41, 5.74) is 3.72. The van der Waals surface area contributed by atoms with Gasteiger partial charge >= 0.3 is 0 Å². The third-order valence-electron chi connectivity index (χ3n) is 2.61. The van der Waals surface area contributed by atoms with E-state index in [2.05, 4.69) is 16.4 Å². The molecular formula is C13H13N3. The molecule has 0 fully saturated rings. The fourth-order valence-corrected chi connectivity index (χ4v) is 1.89. The molecule has 1 aromatic carbocycles. The summed E-state index contributed by atoms with van der Waals surface area (Å²) in [7, 11) is 1.81. The van der Waals surface area contributed by atoms with Gasteiger partial charge in [-0.1, -0.05) is 30.3 Å². The maximum absolute atomic E-state index is 9.20. The molecule has 2 rings (SSSR count). The van der Waals surface area contributed by atoms with Gasteiger partial charge in [0.25, 0.3) is 0 Å². The Hall–Kier alpha value is -2.21. The molecule has 0 saturated carbocycles. The van der Waals surface area contributed by atoms with E-state index in [1.54, 1.807) is 7.05 Å². The summed E-state index contributed by atoms with van der Waals surface area (Å²) in [6.45, 7) is 1.98. The number of aromatic nitrogens is 1. The fourth-order valence-electron chi connectivity index (χ4n) is 1.89. The molecule has 80 valence electrons. The lowest BCUT2D eigenvalue weighted by Gasteiger charge is -2.00. The van der Waals surface area contributed by atoms with Crippen molar-refractivity contribution in [2.24, 2.45) is 0 Å². The van der Waals surface area contributed by atoms with Crippen molar-refractivity contribution in [3.63, 3.8) is 0 Å². The second-order valence-corrected chi connectivity index (χ2v) is 3.60. The number of benzene rings is 1. The molecule has 2 N–H and O–H groups in total. The molecule has 2 aromatic rings. The Balaban J connectivity index is 2.66. The number of H-pyrrole nitrogens is 1. The quantitative estimate of drug-likeness (QED) is 0.802. The predicted molar refractivity (Wildman–Crippen MR) is 65.2 cm³/mol. The molecule has 0 amide bonds. The zero-order valence-corrected chi connectivity index (χ0v) is 9.33. The Kier molecular flexibility index (Phi) is 2.65. The maximum atomic E-state index is 9.20. The van der Waals surface area contributed by atoms with Crippen molar-refractivity contribution in [3.8, 4) is 17.2 Å². The minimum absolute atomic E-state index is 0.672. The molecule has 0 aliphatic carbocycles. The number of aromatic amines is 1. The van der Waals surface area contributed by atoms with Crippen LogP contribution in [0.15, 0.2) is 30.3 Å². The molecule has 0 bridgehead atoms. The summed E-state index contributed by atoms with van der Waals surface area (Å²) in [5, 5.41) is 12.2. The van der Waals surface area contributed by atoms with Gasteiger partial charge in [0, 0.05) is 18.3 Å². The van der Waals surface area contributed by atoms with E-state index in [4.69, 9.17) is 0 Å². The number of rotatable bonds is 2. The van der Waals surface area contributed by atoms with Gasteiger partial charge in [0.05, 0.1) is 0 Å². The van der Waals surface area contributed by atoms with E-state index in [-0.39, 0.29) is 0 Å². The molecule has 1 aromatic heterocycles. The van der Waals surface area contributed by atoms with Crippen molar-refractivity contribution in [2.75, 3.05) is 12.4 Å². The highest BCUT2D eigenvalue weighted by Crippen LogP contribution is 2.31. The molecule has 0 saturated heterocycles. The van der Waals surface area contributed by atoms with Gasteiger partial charge in [-0.05, 0) is 12.5 Å². The van der Waals surface area contributed by atoms with Crippen LogP contribution in [0.1, 0.15) is 11.3 Å². The van der Waals surface area contributed by atoms with Crippen LogP contribution in [0, 0.1) is 18.3 Å². The number of aryl methyl sites for hydroxylation is 1. The third kappa shape index (κ3) is 1.55. The van der Waals surface area contributed by atoms with Gasteiger partial charge in [-0.15, -0.1) is 0 Å². The Bertz CT molecular complexity index is 532. The summed E-state index contributed by atoms with van der Waals surface area (Å²) in [5.74, 6) is 0.777. The molecule has 0 aliphatic rings. The molecule has 3 nitrogen and oxygen atoms in total. The van der Waals surface area contributed by atoms with Gasteiger partial charge in [0.1, 0.15) is 17.5 Å². The van der Waals surface area contributed by atoms with Gasteiger partial charge in [-0.25, -0.2) is 0 Å². The third-order valence-corrected chi connectivity index (χ3v) is 2.61. The van der Waals surface area contributed by atoms with Crippen LogP contribution in [0.25, 0.3) is 11.1 Å². The molecule has 0 spiro atoms. The molecule has 0 atom stereocenters. The number of nitrogens with one attached hydrogen (secondary N) is 2. The molecule has 3 heteroatoms. The summed E-state index contributed by atoms with van der Waals surface area (Å²) in [4.78, 5) is 3.18. The second kappa shape index (κ2) is 4.11. The largest absolute Gasteiger partial charge is 0.374 e. The van der Waals surface area contributed by atoms with Crippen LogP contribution in [0.2, 0.25) is 0 Å². The monoisotopic (exact) mass is 211 g/mol. The van der Waals surface area contributed by atoms with E-state index in [0.717, 1.165) is 22.6 Å². The van der Waals surface area contributed by atoms with E-state index >= 15 is 0 Å². The van der Waals surface area contributed by atoms with Crippen molar-refractivity contribution in [1.82, 2.24) is 4.98 Å². The Morgan fingerprint density at radius 2 is 1.94 bits per heavy atom. The average Bonchev–Trinajstić information content (AvgIpc) is 2.66. The van der Waals surface area contributed by atoms with Crippen molar-refractivity contribution >= 4 is 5.82 Å². The number of nitrogens with zero attached hydrogens (tertiary/aromatic N) is 1. The Labute approximate surface area is 94.7 Å². The first-order chi connectivity index (χ1) is 7.77. The molecule has 0 radical (unpaired) electrons. The minimum Gasteiger partial charge on any atom is -0.374 e. The molecular weight excluding hydrogens is 198 g/mol. The van der Waals surface area contributed by atoms with Crippen LogP contribution in [0.3, 0.4) is 0 Å². The zero-order valence-electron chi connectivity index (χ0n) is 9.33. The van der Waals surface area contributed by atoms with Gasteiger partial charge < -0.3 is 10.3 Å². The number of hydrogen-bond acceptors (Lipinski definition) is 2. The van der Waals surface area contributed by atoms with Crippen LogP contribution in [-0.2, 0) is 0 Å². The van der Waals surface area contributed by atoms with Crippen LogP contribution in [0.4, 0.5) is 5.82 Å². The van der Waals surface area contributed by atoms with Crippen LogP contribution < -0.4 is 5.32 Å². The lowest BCUT2D eigenvalue weighted by atomic mass is 10.0. The van der Waals surface area contributed by atoms with Crippen molar-refractivity contribution < 1.29 is 0 Å². The summed E-state index contributed by atoms with van der Waals surface area (Å²) in [6, 6.07) is 12.2. The lowest BCUT2D eigenvalue weighted by molar-refractivity contribution is 1.25. The number of nitriles is 1. The van der Waals surface area contributed by atoms with Crippen molar-refractivity contribution in [1.29, 1.82) is 5.26 Å². The van der Waals surface area contributed by atoms with Gasteiger partial charge in [0.2, 0.25) is 0 Å². The molecule has 16 heavy (non-hydrogen) atoms.